The van der Waals surface area contributed by atoms with Crippen molar-refractivity contribution in [3.63, 3.8) is 0 Å². The van der Waals surface area contributed by atoms with Gasteiger partial charge in [0.15, 0.2) is 0 Å². The highest BCUT2D eigenvalue weighted by Gasteiger charge is 2.29. The van der Waals surface area contributed by atoms with Crippen LogP contribution in [0.1, 0.15) is 71.6 Å². The van der Waals surface area contributed by atoms with Crippen LogP contribution in [0.15, 0.2) is 52.1 Å². The normalized spacial score (nSPS) is 15.6. The number of carbonyl (C=O) groups excluding carboxylic acids is 2. The Balaban J connectivity index is 1.06. The number of nitrogen functional groups attached to an aromatic ring is 1. The van der Waals surface area contributed by atoms with Crippen LogP contribution < -0.4 is 32.1 Å². The first kappa shape index (κ1) is 27.8. The average Bonchev–Trinajstić information content (AvgIpc) is 3.69. The summed E-state index contributed by atoms with van der Waals surface area (Å²) >= 11 is 0. The second-order valence-corrected chi connectivity index (χ2v) is 11.1. The minimum absolute atomic E-state index is 0.00495. The highest BCUT2D eigenvalue weighted by atomic mass is 16.4. The molecule has 1 aliphatic carbocycles. The van der Waals surface area contributed by atoms with Crippen molar-refractivity contribution in [1.29, 1.82) is 0 Å². The second-order valence-electron chi connectivity index (χ2n) is 11.1. The highest BCUT2D eigenvalue weighted by molar-refractivity contribution is 5.98. The molecular weight excluding hydrogens is 582 g/mol. The third kappa shape index (κ3) is 4.83. The van der Waals surface area contributed by atoms with Crippen molar-refractivity contribution in [2.75, 3.05) is 17.2 Å². The molecule has 226 valence electrons. The van der Waals surface area contributed by atoms with Crippen molar-refractivity contribution in [3.05, 3.63) is 108 Å². The lowest BCUT2D eigenvalue weighted by atomic mass is 9.96. The van der Waals surface area contributed by atoms with E-state index < -0.39 is 28.6 Å². The molecule has 2 aromatic heterocycles. The zero-order chi connectivity index (χ0) is 31.4. The van der Waals surface area contributed by atoms with Crippen LogP contribution >= 0.6 is 0 Å². The number of carboxylic acid groups (broad SMARTS) is 1. The Hall–Kier alpha value is -5.99. The van der Waals surface area contributed by atoms with E-state index in [1.165, 1.54) is 12.1 Å². The molecule has 0 unspecified atom stereocenters. The molecule has 5 aromatic rings. The zero-order valence-corrected chi connectivity index (χ0v) is 23.6. The van der Waals surface area contributed by atoms with Crippen LogP contribution in [-0.2, 0) is 25.9 Å². The van der Waals surface area contributed by atoms with Gasteiger partial charge >= 0.3 is 5.97 Å². The van der Waals surface area contributed by atoms with E-state index in [0.717, 1.165) is 32.3 Å². The van der Waals surface area contributed by atoms with Crippen LogP contribution in [0.3, 0.4) is 0 Å². The Morgan fingerprint density at radius 2 is 1.82 bits per heavy atom. The standard InChI is InChI=1S/C30H25N9O6/c31-23-24(26(41)25(23)40)38-8-7-15-2-1-14(9-18(15)13-38)12-32-27(42)21-11-22(39-30(34-21)35-36-37-39)28(43)33-20-6-4-16-10-17(29(44)45)3-5-19(16)20/h1-3,5,9-11,20H,4,6-8,12-13,31H2,(H,32,42)(H,33,43)(H,44,45)/t20-/m0/s1. The van der Waals surface area contributed by atoms with Crippen LogP contribution in [0.25, 0.3) is 5.78 Å². The number of nitrogens with zero attached hydrogens (tertiary/aromatic N) is 6. The third-order valence-electron chi connectivity index (χ3n) is 8.39. The lowest BCUT2D eigenvalue weighted by molar-refractivity contribution is 0.0696. The average molecular weight is 608 g/mol. The Labute approximate surface area is 253 Å². The predicted octanol–water partition coefficient (Wildman–Crippen LogP) is 0.306. The number of fused-ring (bicyclic) bond motifs is 3. The van der Waals surface area contributed by atoms with Gasteiger partial charge in [-0.2, -0.15) is 4.52 Å². The zero-order valence-electron chi connectivity index (χ0n) is 23.6. The molecule has 3 heterocycles. The number of rotatable bonds is 7. The van der Waals surface area contributed by atoms with Gasteiger partial charge in [0.1, 0.15) is 22.8 Å². The molecule has 0 fully saturated rings. The summed E-state index contributed by atoms with van der Waals surface area (Å²) in [4.78, 5) is 67.6. The number of tetrazole rings is 1. The maximum absolute atomic E-state index is 13.4. The monoisotopic (exact) mass is 607 g/mol. The summed E-state index contributed by atoms with van der Waals surface area (Å²) in [6.45, 7) is 1.14. The molecule has 2 aliphatic rings. The maximum atomic E-state index is 13.4. The SMILES string of the molecule is Nc1c(N2CCc3ccc(CNC(=O)c4cc(C(=O)N[C@H]5CCc6cc(C(=O)O)ccc65)n5nnnc5n4)cc3C2)c(=O)c1=O. The first-order valence-corrected chi connectivity index (χ1v) is 14.2. The van der Waals surface area contributed by atoms with Crippen molar-refractivity contribution in [2.24, 2.45) is 0 Å². The van der Waals surface area contributed by atoms with Gasteiger partial charge in [-0.3, -0.25) is 19.2 Å². The van der Waals surface area contributed by atoms with E-state index in [-0.39, 0.29) is 46.7 Å². The van der Waals surface area contributed by atoms with Crippen LogP contribution in [0, 0.1) is 0 Å². The molecule has 5 N–H and O–H groups in total. The van der Waals surface area contributed by atoms with Gasteiger partial charge in [-0.25, -0.2) is 9.78 Å². The van der Waals surface area contributed by atoms with Gasteiger partial charge < -0.3 is 26.4 Å². The number of aromatic nitrogens is 5. The van der Waals surface area contributed by atoms with E-state index >= 15 is 0 Å². The van der Waals surface area contributed by atoms with Crippen molar-refractivity contribution in [1.82, 2.24) is 35.7 Å². The number of nitrogens with one attached hydrogen (secondary N) is 2. The Morgan fingerprint density at radius 3 is 2.62 bits per heavy atom. The molecule has 0 bridgehead atoms. The summed E-state index contributed by atoms with van der Waals surface area (Å²) in [5, 5.41) is 26.3. The third-order valence-corrected chi connectivity index (χ3v) is 8.39. The number of benzene rings is 2. The van der Waals surface area contributed by atoms with E-state index in [9.17, 15) is 29.1 Å². The van der Waals surface area contributed by atoms with E-state index in [4.69, 9.17) is 5.73 Å². The van der Waals surface area contributed by atoms with Crippen molar-refractivity contribution < 1.29 is 19.5 Å². The minimum Gasteiger partial charge on any atom is -0.478 e. The van der Waals surface area contributed by atoms with Crippen LogP contribution in [-0.4, -0.2) is 54.5 Å². The summed E-state index contributed by atoms with van der Waals surface area (Å²) in [7, 11) is 0. The summed E-state index contributed by atoms with van der Waals surface area (Å²) in [6, 6.07) is 11.6. The van der Waals surface area contributed by atoms with E-state index in [2.05, 4.69) is 31.1 Å². The molecule has 1 aliphatic heterocycles. The van der Waals surface area contributed by atoms with Gasteiger partial charge in [0.2, 0.25) is 0 Å². The molecule has 45 heavy (non-hydrogen) atoms. The quantitative estimate of drug-likeness (QED) is 0.184. The first-order chi connectivity index (χ1) is 21.7. The highest BCUT2D eigenvalue weighted by Crippen LogP contribution is 2.32. The van der Waals surface area contributed by atoms with Gasteiger partial charge in [0.25, 0.3) is 28.4 Å². The summed E-state index contributed by atoms with van der Waals surface area (Å²) < 4.78 is 1.15. The summed E-state index contributed by atoms with van der Waals surface area (Å²) in [6.07, 6.45) is 1.87. The fourth-order valence-electron chi connectivity index (χ4n) is 6.04. The molecular formula is C30H25N9O6. The number of aromatic carboxylic acids is 1. The molecule has 0 radical (unpaired) electrons. The van der Waals surface area contributed by atoms with Crippen LogP contribution in [0.5, 0.6) is 0 Å². The smallest absolute Gasteiger partial charge is 0.335 e. The van der Waals surface area contributed by atoms with Gasteiger partial charge in [-0.15, -0.1) is 0 Å². The number of carboxylic acids is 1. The number of hydrogen-bond acceptors (Lipinski definition) is 11. The number of anilines is 2. The molecule has 15 nitrogen and oxygen atoms in total. The van der Waals surface area contributed by atoms with Crippen LogP contribution in [0.4, 0.5) is 11.4 Å². The lowest BCUT2D eigenvalue weighted by Crippen LogP contribution is -2.44. The lowest BCUT2D eigenvalue weighted by Gasteiger charge is -2.32. The number of hydrogen-bond donors (Lipinski definition) is 4. The minimum atomic E-state index is -1.02. The van der Waals surface area contributed by atoms with Gasteiger partial charge in [0, 0.05) is 25.7 Å². The van der Waals surface area contributed by atoms with Gasteiger partial charge in [-0.1, -0.05) is 29.4 Å². The summed E-state index contributed by atoms with van der Waals surface area (Å²) in [5.41, 5.74) is 9.49. The first-order valence-electron chi connectivity index (χ1n) is 14.2. The molecule has 0 saturated carbocycles. The molecule has 0 saturated heterocycles. The molecule has 15 heteroatoms. The van der Waals surface area contributed by atoms with Gasteiger partial charge in [0.05, 0.1) is 11.6 Å². The Kier molecular flexibility index (Phi) is 6.57. The van der Waals surface area contributed by atoms with Gasteiger partial charge in [-0.05, 0) is 69.6 Å². The fraction of sp³-hybridized carbons (Fsp3) is 0.233. The molecule has 7 rings (SSSR count). The maximum Gasteiger partial charge on any atom is 0.335 e. The van der Waals surface area contributed by atoms with E-state index in [1.807, 2.05) is 18.2 Å². The number of nitrogens with two attached hydrogens (primary N) is 1. The van der Waals surface area contributed by atoms with Crippen molar-refractivity contribution in [2.45, 2.75) is 38.4 Å². The van der Waals surface area contributed by atoms with Crippen molar-refractivity contribution in [3.8, 4) is 0 Å². The van der Waals surface area contributed by atoms with E-state index in [1.54, 1.807) is 17.0 Å². The predicted molar refractivity (Wildman–Crippen MR) is 159 cm³/mol. The number of aryl methyl sites for hydroxylation is 1. The van der Waals surface area contributed by atoms with E-state index in [0.29, 0.717) is 32.4 Å². The molecule has 1 atom stereocenters. The molecule has 2 amide bonds. The second kappa shape index (κ2) is 10.6. The van der Waals surface area contributed by atoms with Crippen LogP contribution in [0.2, 0.25) is 0 Å². The van der Waals surface area contributed by atoms with Crippen molar-refractivity contribution >= 4 is 34.9 Å². The summed E-state index contributed by atoms with van der Waals surface area (Å²) in [5.74, 6) is -2.11. The topological polar surface area (TPSA) is 215 Å². The Morgan fingerprint density at radius 1 is 0.978 bits per heavy atom. The molecule has 3 aromatic carbocycles. The number of amides is 2. The number of carbonyl (C=O) groups is 3. The largest absolute Gasteiger partial charge is 0.478 e. The fourth-order valence-corrected chi connectivity index (χ4v) is 6.04. The Bertz CT molecular complexity index is 2130. The molecule has 0 spiro atoms.